The number of thiazole rings is 1. The first-order chi connectivity index (χ1) is 16.0. The summed E-state index contributed by atoms with van der Waals surface area (Å²) in [6.45, 7) is 8.90. The van der Waals surface area contributed by atoms with Gasteiger partial charge < -0.3 is 14.2 Å². The largest absolute Gasteiger partial charge is 0.497 e. The van der Waals surface area contributed by atoms with Crippen LogP contribution >= 0.6 is 11.3 Å². The molecule has 1 saturated heterocycles. The van der Waals surface area contributed by atoms with Gasteiger partial charge in [0, 0.05) is 31.7 Å². The molecule has 0 bridgehead atoms. The van der Waals surface area contributed by atoms with Gasteiger partial charge in [0.05, 0.1) is 36.6 Å². The van der Waals surface area contributed by atoms with Crippen LogP contribution in [0.15, 0.2) is 42.5 Å². The second-order valence-electron chi connectivity index (χ2n) is 8.29. The van der Waals surface area contributed by atoms with Gasteiger partial charge in [0.25, 0.3) is 5.91 Å². The van der Waals surface area contributed by atoms with E-state index < -0.39 is 0 Å². The van der Waals surface area contributed by atoms with Gasteiger partial charge in [-0.05, 0) is 62.7 Å². The number of carbonyl (C=O) groups is 1. The molecule has 1 aliphatic heterocycles. The summed E-state index contributed by atoms with van der Waals surface area (Å²) in [6.07, 6.45) is 0.947. The summed E-state index contributed by atoms with van der Waals surface area (Å²) in [5.74, 6) is 1.48. The lowest BCUT2D eigenvalue weighted by Gasteiger charge is -2.27. The molecule has 2 heterocycles. The van der Waals surface area contributed by atoms with Crippen LogP contribution in [0.25, 0.3) is 10.2 Å². The highest BCUT2D eigenvalue weighted by molar-refractivity contribution is 7.22. The summed E-state index contributed by atoms with van der Waals surface area (Å²) in [5, 5.41) is 0.702. The highest BCUT2D eigenvalue weighted by Gasteiger charge is 2.22. The van der Waals surface area contributed by atoms with Gasteiger partial charge in [-0.1, -0.05) is 11.3 Å². The number of morpholine rings is 1. The Morgan fingerprint density at radius 1 is 1.15 bits per heavy atom. The lowest BCUT2D eigenvalue weighted by atomic mass is 10.2. The lowest BCUT2D eigenvalue weighted by molar-refractivity contribution is 0.0376. The van der Waals surface area contributed by atoms with E-state index >= 15 is 0 Å². The van der Waals surface area contributed by atoms with Gasteiger partial charge in [-0.3, -0.25) is 14.6 Å². The number of fused-ring (bicyclic) bond motifs is 1. The fourth-order valence-electron chi connectivity index (χ4n) is 3.80. The van der Waals surface area contributed by atoms with Gasteiger partial charge >= 0.3 is 0 Å². The molecule has 4 rings (SSSR count). The quantitative estimate of drug-likeness (QED) is 0.461. The third-order valence-corrected chi connectivity index (χ3v) is 6.53. The Hall–Kier alpha value is -2.68. The molecule has 0 radical (unpaired) electrons. The predicted molar refractivity (Wildman–Crippen MR) is 132 cm³/mol. The van der Waals surface area contributed by atoms with Crippen LogP contribution in [-0.2, 0) is 4.74 Å². The van der Waals surface area contributed by atoms with Crippen LogP contribution in [0.1, 0.15) is 30.6 Å². The van der Waals surface area contributed by atoms with Crippen molar-refractivity contribution >= 4 is 32.6 Å². The first-order valence-corrected chi connectivity index (χ1v) is 12.2. The smallest absolute Gasteiger partial charge is 0.260 e. The van der Waals surface area contributed by atoms with E-state index in [0.29, 0.717) is 17.2 Å². The van der Waals surface area contributed by atoms with E-state index in [1.165, 1.54) is 11.3 Å². The fraction of sp³-hybridized carbons (Fsp3) is 0.440. The SMILES string of the molecule is COc1ccc2nc(N(CCCN3CCOCC3)C(=O)c3ccc(OC(C)C)cc3)sc2c1. The van der Waals surface area contributed by atoms with Crippen LogP contribution in [0.2, 0.25) is 0 Å². The van der Waals surface area contributed by atoms with Crippen LogP contribution in [-0.4, -0.2) is 68.4 Å². The van der Waals surface area contributed by atoms with Gasteiger partial charge in [0.2, 0.25) is 0 Å². The molecule has 3 aromatic rings. The second kappa shape index (κ2) is 11.0. The normalized spacial score (nSPS) is 14.5. The Bertz CT molecular complexity index is 1060. The Labute approximate surface area is 198 Å². The molecule has 1 fully saturated rings. The molecule has 0 atom stereocenters. The van der Waals surface area contributed by atoms with E-state index in [1.54, 1.807) is 12.0 Å². The van der Waals surface area contributed by atoms with Crippen molar-refractivity contribution in [3.05, 3.63) is 48.0 Å². The average molecular weight is 470 g/mol. The van der Waals surface area contributed by atoms with Gasteiger partial charge in [-0.2, -0.15) is 0 Å². The minimum absolute atomic E-state index is 0.0564. The third kappa shape index (κ3) is 6.01. The van der Waals surface area contributed by atoms with Crippen molar-refractivity contribution in [2.75, 3.05) is 51.4 Å². The highest BCUT2D eigenvalue weighted by atomic mass is 32.1. The summed E-state index contributed by atoms with van der Waals surface area (Å²) in [7, 11) is 1.65. The number of aromatic nitrogens is 1. The van der Waals surface area contributed by atoms with E-state index in [-0.39, 0.29) is 12.0 Å². The molecule has 1 amide bonds. The highest BCUT2D eigenvalue weighted by Crippen LogP contribution is 2.32. The Morgan fingerprint density at radius 2 is 1.88 bits per heavy atom. The predicted octanol–water partition coefficient (Wildman–Crippen LogP) is 4.46. The van der Waals surface area contributed by atoms with Gasteiger partial charge in [-0.25, -0.2) is 4.98 Å². The van der Waals surface area contributed by atoms with Crippen LogP contribution in [0, 0.1) is 0 Å². The number of hydrogen-bond donors (Lipinski definition) is 0. The van der Waals surface area contributed by atoms with Crippen molar-refractivity contribution in [1.82, 2.24) is 9.88 Å². The number of methoxy groups -OCH3 is 1. The molecule has 0 saturated carbocycles. The van der Waals surface area contributed by atoms with E-state index in [1.807, 2.05) is 56.3 Å². The zero-order valence-corrected chi connectivity index (χ0v) is 20.3. The number of anilines is 1. The number of nitrogens with zero attached hydrogens (tertiary/aromatic N) is 3. The van der Waals surface area contributed by atoms with Crippen molar-refractivity contribution in [2.24, 2.45) is 0 Å². The van der Waals surface area contributed by atoms with Crippen LogP contribution in [0.3, 0.4) is 0 Å². The monoisotopic (exact) mass is 469 g/mol. The maximum Gasteiger partial charge on any atom is 0.260 e. The number of rotatable bonds is 9. The summed E-state index contributed by atoms with van der Waals surface area (Å²) < 4.78 is 17.5. The zero-order valence-electron chi connectivity index (χ0n) is 19.5. The number of benzene rings is 2. The number of hydrogen-bond acceptors (Lipinski definition) is 7. The number of carbonyl (C=O) groups excluding carboxylic acids is 1. The topological polar surface area (TPSA) is 64.1 Å². The van der Waals surface area contributed by atoms with E-state index in [0.717, 1.165) is 61.0 Å². The minimum atomic E-state index is -0.0564. The molecule has 7 nitrogen and oxygen atoms in total. The molecular weight excluding hydrogens is 438 g/mol. The molecule has 0 N–H and O–H groups in total. The number of amides is 1. The number of ether oxygens (including phenoxy) is 3. The molecule has 176 valence electrons. The maximum atomic E-state index is 13.6. The summed E-state index contributed by atoms with van der Waals surface area (Å²) in [6, 6.07) is 13.1. The van der Waals surface area contributed by atoms with Gasteiger partial charge in [0.1, 0.15) is 11.5 Å². The van der Waals surface area contributed by atoms with E-state index in [2.05, 4.69) is 4.90 Å². The van der Waals surface area contributed by atoms with Crippen LogP contribution in [0.5, 0.6) is 11.5 Å². The third-order valence-electron chi connectivity index (χ3n) is 5.49. The first kappa shape index (κ1) is 23.5. The maximum absolute atomic E-state index is 13.6. The molecular formula is C25H31N3O4S. The van der Waals surface area contributed by atoms with Gasteiger partial charge in [-0.15, -0.1) is 0 Å². The summed E-state index contributed by atoms with van der Waals surface area (Å²) in [4.78, 5) is 22.5. The fourth-order valence-corrected chi connectivity index (χ4v) is 4.82. The summed E-state index contributed by atoms with van der Waals surface area (Å²) in [5.41, 5.74) is 1.48. The molecule has 1 aromatic heterocycles. The van der Waals surface area contributed by atoms with Crippen molar-refractivity contribution in [2.45, 2.75) is 26.4 Å². The van der Waals surface area contributed by atoms with Crippen molar-refractivity contribution < 1.29 is 19.0 Å². The first-order valence-electron chi connectivity index (χ1n) is 11.4. The molecule has 0 aliphatic carbocycles. The molecule has 33 heavy (non-hydrogen) atoms. The Morgan fingerprint density at radius 3 is 2.58 bits per heavy atom. The summed E-state index contributed by atoms with van der Waals surface area (Å²) >= 11 is 1.51. The lowest BCUT2D eigenvalue weighted by Crippen LogP contribution is -2.39. The molecule has 0 unspecified atom stereocenters. The molecule has 1 aliphatic rings. The van der Waals surface area contributed by atoms with Gasteiger partial charge in [0.15, 0.2) is 5.13 Å². The average Bonchev–Trinajstić information content (AvgIpc) is 3.25. The molecule has 2 aromatic carbocycles. The van der Waals surface area contributed by atoms with Crippen molar-refractivity contribution in [3.8, 4) is 11.5 Å². The van der Waals surface area contributed by atoms with Crippen LogP contribution < -0.4 is 14.4 Å². The van der Waals surface area contributed by atoms with Crippen LogP contribution in [0.4, 0.5) is 5.13 Å². The van der Waals surface area contributed by atoms with E-state index in [9.17, 15) is 4.79 Å². The Balaban J connectivity index is 1.55. The van der Waals surface area contributed by atoms with E-state index in [4.69, 9.17) is 19.2 Å². The van der Waals surface area contributed by atoms with Crippen molar-refractivity contribution in [3.63, 3.8) is 0 Å². The standard InChI is InChI=1S/C25H31N3O4S/c1-18(2)32-20-7-5-19(6-8-20)24(29)28(12-4-11-27-13-15-31-16-14-27)25-26-22-10-9-21(30-3)17-23(22)33-25/h5-10,17-18H,4,11-16H2,1-3H3. The second-order valence-corrected chi connectivity index (χ2v) is 9.29. The minimum Gasteiger partial charge on any atom is -0.497 e. The Kier molecular flexibility index (Phi) is 7.80. The molecule has 0 spiro atoms. The zero-order chi connectivity index (χ0) is 23.2. The van der Waals surface area contributed by atoms with Crippen molar-refractivity contribution in [1.29, 1.82) is 0 Å². The molecule has 8 heteroatoms.